The Bertz CT molecular complexity index is 660. The summed E-state index contributed by atoms with van der Waals surface area (Å²) in [6.07, 6.45) is 0.0830. The standard InChI is InChI=1S/C16H16BrNO4S/c1-21-16(20)9-13(14-6-3-7-23-14)18-15(19)10-22-12-5-2-4-11(17)8-12/h2-8,13H,9-10H2,1H3,(H,18,19). The van der Waals surface area contributed by atoms with Crippen molar-refractivity contribution in [2.75, 3.05) is 13.7 Å². The SMILES string of the molecule is COC(=O)CC(NC(=O)COc1cccc(Br)c1)c1cccs1. The minimum absolute atomic E-state index is 0.0830. The van der Waals surface area contributed by atoms with Crippen molar-refractivity contribution in [3.05, 3.63) is 51.1 Å². The zero-order chi connectivity index (χ0) is 16.7. The third-order valence-electron chi connectivity index (χ3n) is 2.99. The summed E-state index contributed by atoms with van der Waals surface area (Å²) < 4.78 is 11.0. The average molecular weight is 398 g/mol. The molecular weight excluding hydrogens is 382 g/mol. The van der Waals surface area contributed by atoms with Gasteiger partial charge in [-0.2, -0.15) is 0 Å². The molecular formula is C16H16BrNO4S. The Hall–Kier alpha value is -1.86. The van der Waals surface area contributed by atoms with Gasteiger partial charge in [0.25, 0.3) is 5.91 Å². The molecule has 1 N–H and O–H groups in total. The maximum Gasteiger partial charge on any atom is 0.307 e. The van der Waals surface area contributed by atoms with Gasteiger partial charge in [-0.05, 0) is 29.6 Å². The van der Waals surface area contributed by atoms with Gasteiger partial charge < -0.3 is 14.8 Å². The molecule has 1 amide bonds. The second-order valence-corrected chi connectivity index (χ2v) is 6.56. The van der Waals surface area contributed by atoms with Crippen molar-refractivity contribution in [1.29, 1.82) is 0 Å². The van der Waals surface area contributed by atoms with Crippen LogP contribution in [0.1, 0.15) is 17.3 Å². The van der Waals surface area contributed by atoms with Gasteiger partial charge >= 0.3 is 5.97 Å². The third-order valence-corrected chi connectivity index (χ3v) is 4.47. The second kappa shape index (κ2) is 8.69. The number of hydrogen-bond acceptors (Lipinski definition) is 5. The van der Waals surface area contributed by atoms with Crippen LogP contribution in [-0.4, -0.2) is 25.6 Å². The molecule has 0 aliphatic rings. The van der Waals surface area contributed by atoms with Crippen LogP contribution in [0.4, 0.5) is 0 Å². The molecule has 1 aromatic carbocycles. The van der Waals surface area contributed by atoms with Crippen LogP contribution in [0.3, 0.4) is 0 Å². The molecule has 0 aliphatic carbocycles. The molecule has 5 nitrogen and oxygen atoms in total. The van der Waals surface area contributed by atoms with Gasteiger partial charge in [0, 0.05) is 9.35 Å². The summed E-state index contributed by atoms with van der Waals surface area (Å²) >= 11 is 4.81. The van der Waals surface area contributed by atoms with E-state index in [-0.39, 0.29) is 24.9 Å². The van der Waals surface area contributed by atoms with Gasteiger partial charge in [0.15, 0.2) is 6.61 Å². The first kappa shape index (κ1) is 17.5. The number of esters is 1. The highest BCUT2D eigenvalue weighted by Crippen LogP contribution is 2.22. The van der Waals surface area contributed by atoms with Crippen LogP contribution in [-0.2, 0) is 14.3 Å². The lowest BCUT2D eigenvalue weighted by Crippen LogP contribution is -2.33. The quantitative estimate of drug-likeness (QED) is 0.727. The number of methoxy groups -OCH3 is 1. The molecule has 0 saturated heterocycles. The van der Waals surface area contributed by atoms with Gasteiger partial charge in [-0.3, -0.25) is 9.59 Å². The first-order chi connectivity index (χ1) is 11.1. The van der Waals surface area contributed by atoms with Crippen LogP contribution in [0.2, 0.25) is 0 Å². The molecule has 122 valence electrons. The molecule has 1 atom stereocenters. The Morgan fingerprint density at radius 3 is 2.78 bits per heavy atom. The summed E-state index contributed by atoms with van der Waals surface area (Å²) in [5.41, 5.74) is 0. The fourth-order valence-corrected chi connectivity index (χ4v) is 3.06. The van der Waals surface area contributed by atoms with Crippen molar-refractivity contribution >= 4 is 39.1 Å². The molecule has 0 aliphatic heterocycles. The number of halogens is 1. The van der Waals surface area contributed by atoms with Crippen LogP contribution in [0.5, 0.6) is 5.75 Å². The molecule has 0 bridgehead atoms. The zero-order valence-corrected chi connectivity index (χ0v) is 14.9. The molecule has 1 aromatic heterocycles. The normalized spacial score (nSPS) is 11.6. The number of carbonyl (C=O) groups excluding carboxylic acids is 2. The lowest BCUT2D eigenvalue weighted by Gasteiger charge is -2.16. The maximum atomic E-state index is 12.1. The summed E-state index contributed by atoms with van der Waals surface area (Å²) in [5.74, 6) is -0.0842. The average Bonchev–Trinajstić information content (AvgIpc) is 3.06. The van der Waals surface area contributed by atoms with Crippen LogP contribution in [0.25, 0.3) is 0 Å². The number of hydrogen-bond donors (Lipinski definition) is 1. The lowest BCUT2D eigenvalue weighted by atomic mass is 10.1. The highest BCUT2D eigenvalue weighted by atomic mass is 79.9. The summed E-state index contributed by atoms with van der Waals surface area (Å²) in [7, 11) is 1.33. The molecule has 23 heavy (non-hydrogen) atoms. The predicted molar refractivity (Wildman–Crippen MR) is 91.5 cm³/mol. The number of ether oxygens (including phenoxy) is 2. The zero-order valence-electron chi connectivity index (χ0n) is 12.5. The van der Waals surface area contributed by atoms with Crippen LogP contribution < -0.4 is 10.1 Å². The third kappa shape index (κ3) is 5.69. The van der Waals surface area contributed by atoms with E-state index in [9.17, 15) is 9.59 Å². The summed E-state index contributed by atoms with van der Waals surface area (Å²) in [4.78, 5) is 24.5. The summed E-state index contributed by atoms with van der Waals surface area (Å²) in [5, 5.41) is 4.70. The number of amides is 1. The number of rotatable bonds is 7. The van der Waals surface area contributed by atoms with Gasteiger partial charge in [-0.1, -0.05) is 28.1 Å². The highest BCUT2D eigenvalue weighted by molar-refractivity contribution is 9.10. The lowest BCUT2D eigenvalue weighted by molar-refractivity contribution is -0.141. The van der Waals surface area contributed by atoms with Gasteiger partial charge in [0.1, 0.15) is 5.75 Å². The van der Waals surface area contributed by atoms with E-state index in [1.54, 1.807) is 12.1 Å². The molecule has 0 fully saturated rings. The van der Waals surface area contributed by atoms with E-state index in [1.165, 1.54) is 18.4 Å². The Kier molecular flexibility index (Phi) is 6.61. The van der Waals surface area contributed by atoms with Crippen molar-refractivity contribution in [2.24, 2.45) is 0 Å². The predicted octanol–water partition coefficient (Wildman–Crippen LogP) is 3.31. The highest BCUT2D eigenvalue weighted by Gasteiger charge is 2.20. The van der Waals surface area contributed by atoms with E-state index < -0.39 is 6.04 Å². The van der Waals surface area contributed by atoms with E-state index in [0.29, 0.717) is 5.75 Å². The Balaban J connectivity index is 1.93. The number of carbonyl (C=O) groups is 2. The molecule has 1 unspecified atom stereocenters. The summed E-state index contributed by atoms with van der Waals surface area (Å²) in [6.45, 7) is -0.125. The fourth-order valence-electron chi connectivity index (χ4n) is 1.90. The van der Waals surface area contributed by atoms with Crippen LogP contribution in [0.15, 0.2) is 46.3 Å². The first-order valence-corrected chi connectivity index (χ1v) is 8.53. The van der Waals surface area contributed by atoms with Crippen molar-refractivity contribution in [3.8, 4) is 5.75 Å². The molecule has 0 radical (unpaired) electrons. The fraction of sp³-hybridized carbons (Fsp3) is 0.250. The Morgan fingerprint density at radius 1 is 1.30 bits per heavy atom. The first-order valence-electron chi connectivity index (χ1n) is 6.86. The summed E-state index contributed by atoms with van der Waals surface area (Å²) in [6, 6.07) is 10.6. The Morgan fingerprint density at radius 2 is 2.13 bits per heavy atom. The Labute approximate surface area is 146 Å². The maximum absolute atomic E-state index is 12.1. The molecule has 1 heterocycles. The van der Waals surface area contributed by atoms with Gasteiger partial charge in [-0.25, -0.2) is 0 Å². The van der Waals surface area contributed by atoms with Crippen molar-refractivity contribution in [3.63, 3.8) is 0 Å². The molecule has 0 spiro atoms. The largest absolute Gasteiger partial charge is 0.484 e. The van der Waals surface area contributed by atoms with Crippen molar-refractivity contribution < 1.29 is 19.1 Å². The second-order valence-electron chi connectivity index (χ2n) is 4.66. The minimum atomic E-state index is -0.416. The van der Waals surface area contributed by atoms with E-state index in [0.717, 1.165) is 9.35 Å². The minimum Gasteiger partial charge on any atom is -0.484 e. The van der Waals surface area contributed by atoms with Gasteiger partial charge in [0.2, 0.25) is 0 Å². The molecule has 0 saturated carbocycles. The monoisotopic (exact) mass is 397 g/mol. The van der Waals surface area contributed by atoms with Crippen LogP contribution in [0, 0.1) is 0 Å². The number of benzene rings is 1. The van der Waals surface area contributed by atoms with E-state index >= 15 is 0 Å². The van der Waals surface area contributed by atoms with Crippen LogP contribution >= 0.6 is 27.3 Å². The molecule has 2 aromatic rings. The topological polar surface area (TPSA) is 64.6 Å². The van der Waals surface area contributed by atoms with Gasteiger partial charge in [0.05, 0.1) is 19.6 Å². The number of thiophene rings is 1. The molecule has 2 rings (SSSR count). The van der Waals surface area contributed by atoms with E-state index in [2.05, 4.69) is 26.0 Å². The molecule has 7 heteroatoms. The van der Waals surface area contributed by atoms with E-state index in [1.807, 2.05) is 29.6 Å². The van der Waals surface area contributed by atoms with Crippen molar-refractivity contribution in [1.82, 2.24) is 5.32 Å². The smallest absolute Gasteiger partial charge is 0.307 e. The van der Waals surface area contributed by atoms with Crippen molar-refractivity contribution in [2.45, 2.75) is 12.5 Å². The number of nitrogens with one attached hydrogen (secondary N) is 1. The van der Waals surface area contributed by atoms with Gasteiger partial charge in [-0.15, -0.1) is 11.3 Å². The van der Waals surface area contributed by atoms with E-state index in [4.69, 9.17) is 4.74 Å².